The minimum Gasteiger partial charge on any atom is -0.496 e. The molecule has 356 valence electrons. The zero-order valence-corrected chi connectivity index (χ0v) is 37.7. The maximum Gasteiger partial charge on any atom is 0.262 e. The van der Waals surface area contributed by atoms with Gasteiger partial charge in [0.15, 0.2) is 12.0 Å². The van der Waals surface area contributed by atoms with Gasteiger partial charge in [-0.3, -0.25) is 43.8 Å². The largest absolute Gasteiger partial charge is 0.496 e. The van der Waals surface area contributed by atoms with E-state index >= 15 is 0 Å². The van der Waals surface area contributed by atoms with Crippen molar-refractivity contribution < 1.29 is 61.6 Å². The summed E-state index contributed by atoms with van der Waals surface area (Å²) < 4.78 is 42.8. The van der Waals surface area contributed by atoms with E-state index in [-0.39, 0.29) is 54.4 Å². The number of hydrogen-bond donors (Lipinski definition) is 3. The number of Topliss-reactive ketones (excluding diaryl/α,β-unsaturated/α-hetero) is 1. The van der Waals surface area contributed by atoms with Crippen LogP contribution in [-0.4, -0.2) is 123 Å². The van der Waals surface area contributed by atoms with Crippen LogP contribution in [0, 0.1) is 17.8 Å². The standard InChI is InChI=1S/C50H52FN5O12/c1-3-33-38(54-47(61)44(33)51)28-68-48-36-26-41(64-2)37(45(52)59)25-35(36)32(27-53-48)16-13-29-11-14-30(15-12-29)40(57)10-6-20-66-22-24-67-23-21-65-19-5-8-31-7-4-9-34-43(31)50(63)56(49(34)62)39-17-18-42(58)55-46(39)60/h4,7,9,11-12,14-15,25-27,33,38-39,44H,3,5-6,8,10,17-24,28H2,1-2H3,(H2,52,59)(H,54,61)(H,55,58,60)/t33-,38+,39?,44-/m0/s1. The summed E-state index contributed by atoms with van der Waals surface area (Å²) in [6.45, 7) is 3.96. The second-order valence-electron chi connectivity index (χ2n) is 16.4. The molecule has 68 heavy (non-hydrogen) atoms. The van der Waals surface area contributed by atoms with Crippen LogP contribution in [0.4, 0.5) is 4.39 Å². The highest BCUT2D eigenvalue weighted by Gasteiger charge is 2.45. The Balaban J connectivity index is 0.801. The van der Waals surface area contributed by atoms with E-state index in [1.165, 1.54) is 13.3 Å². The number of methoxy groups -OCH3 is 1. The summed E-state index contributed by atoms with van der Waals surface area (Å²) in [6.07, 6.45) is 2.35. The number of aryl methyl sites for hydroxylation is 1. The predicted molar refractivity (Wildman–Crippen MR) is 243 cm³/mol. The first-order valence-electron chi connectivity index (χ1n) is 22.5. The number of carbonyl (C=O) groups excluding carboxylic acids is 7. The highest BCUT2D eigenvalue weighted by molar-refractivity contribution is 6.24. The lowest BCUT2D eigenvalue weighted by Crippen LogP contribution is -2.54. The zero-order valence-electron chi connectivity index (χ0n) is 37.7. The minimum absolute atomic E-state index is 0.0249. The number of primary amides is 1. The summed E-state index contributed by atoms with van der Waals surface area (Å²) in [7, 11) is 1.40. The molecule has 2 fully saturated rings. The molecular formula is C50H52FN5O12. The summed E-state index contributed by atoms with van der Waals surface area (Å²) in [5, 5.41) is 5.83. The lowest BCUT2D eigenvalue weighted by Gasteiger charge is -2.27. The van der Waals surface area contributed by atoms with Crippen LogP contribution in [0.2, 0.25) is 0 Å². The maximum absolute atomic E-state index is 14.4. The monoisotopic (exact) mass is 933 g/mol. The summed E-state index contributed by atoms with van der Waals surface area (Å²) >= 11 is 0. The van der Waals surface area contributed by atoms with E-state index in [0.29, 0.717) is 104 Å². The number of amides is 6. The number of piperidine rings is 1. The Labute approximate surface area is 391 Å². The molecule has 4 atom stereocenters. The van der Waals surface area contributed by atoms with E-state index in [9.17, 15) is 38.0 Å². The van der Waals surface area contributed by atoms with Gasteiger partial charge in [0, 0.05) is 60.1 Å². The molecule has 0 saturated carbocycles. The molecule has 18 heteroatoms. The van der Waals surface area contributed by atoms with Crippen LogP contribution in [0.3, 0.4) is 0 Å². The first-order chi connectivity index (χ1) is 32.9. The lowest BCUT2D eigenvalue weighted by molar-refractivity contribution is -0.136. The van der Waals surface area contributed by atoms with Crippen LogP contribution in [0.25, 0.3) is 10.8 Å². The molecule has 6 amide bonds. The van der Waals surface area contributed by atoms with E-state index in [1.54, 1.807) is 61.5 Å². The molecular weight excluding hydrogens is 882 g/mol. The van der Waals surface area contributed by atoms with Crippen molar-refractivity contribution in [3.05, 3.63) is 99.7 Å². The van der Waals surface area contributed by atoms with Crippen molar-refractivity contribution in [2.75, 3.05) is 53.4 Å². The van der Waals surface area contributed by atoms with E-state index < -0.39 is 59.6 Å². The molecule has 0 spiro atoms. The Kier molecular flexibility index (Phi) is 16.2. The molecule has 4 N–H and O–H groups in total. The molecule has 4 heterocycles. The average molecular weight is 934 g/mol. The number of nitrogens with zero attached hydrogens (tertiary/aromatic N) is 2. The molecule has 1 aromatic heterocycles. The normalized spacial score (nSPS) is 18.8. The summed E-state index contributed by atoms with van der Waals surface area (Å²) in [4.78, 5) is 92.9. The summed E-state index contributed by atoms with van der Waals surface area (Å²) in [6, 6.07) is 13.5. The number of rotatable bonds is 22. The molecule has 3 aromatic carbocycles. The number of nitrogens with two attached hydrogens (primary N) is 1. The average Bonchev–Trinajstić information content (AvgIpc) is 3.76. The number of benzene rings is 3. The second-order valence-corrected chi connectivity index (χ2v) is 16.4. The molecule has 3 aliphatic heterocycles. The van der Waals surface area contributed by atoms with E-state index in [0.717, 1.165) is 4.90 Å². The Morgan fingerprint density at radius 1 is 0.882 bits per heavy atom. The minimum atomic E-state index is -1.62. The molecule has 2 saturated heterocycles. The molecule has 17 nitrogen and oxygen atoms in total. The zero-order chi connectivity index (χ0) is 48.3. The number of nitrogens with one attached hydrogen (secondary N) is 2. The third-order valence-corrected chi connectivity index (χ3v) is 12.1. The van der Waals surface area contributed by atoms with Gasteiger partial charge < -0.3 is 34.7 Å². The molecule has 4 aromatic rings. The van der Waals surface area contributed by atoms with Crippen molar-refractivity contribution in [1.29, 1.82) is 0 Å². The van der Waals surface area contributed by atoms with E-state index in [4.69, 9.17) is 29.4 Å². The highest BCUT2D eigenvalue weighted by atomic mass is 19.1. The molecule has 0 aliphatic carbocycles. The first kappa shape index (κ1) is 48.9. The fraction of sp³-hybridized carbons (Fsp3) is 0.400. The highest BCUT2D eigenvalue weighted by Crippen LogP contribution is 2.34. The number of carbonyl (C=O) groups is 7. The van der Waals surface area contributed by atoms with Gasteiger partial charge in [-0.05, 0) is 68.0 Å². The Bertz CT molecular complexity index is 2660. The van der Waals surface area contributed by atoms with Crippen molar-refractivity contribution in [3.8, 4) is 23.5 Å². The molecule has 3 aliphatic rings. The smallest absolute Gasteiger partial charge is 0.262 e. The summed E-state index contributed by atoms with van der Waals surface area (Å²) in [5.41, 5.74) is 8.64. The van der Waals surface area contributed by atoms with Gasteiger partial charge in [-0.2, -0.15) is 0 Å². The number of ether oxygens (including phenoxy) is 5. The SMILES string of the molecule is CC[C@@H]1[C@H](F)C(=O)N[C@@H]1COc1ncc(C#Cc2ccc(C(=O)CCCOCCOCCOCCCc3cccc4c3C(=O)N(C3CCC(=O)NC3=O)C4=O)cc2)c2cc(C(N)=O)c(OC)cc12. The summed E-state index contributed by atoms with van der Waals surface area (Å²) in [5.74, 6) is 2.46. The van der Waals surface area contributed by atoms with Gasteiger partial charge in [0.1, 0.15) is 18.4 Å². The van der Waals surface area contributed by atoms with Crippen LogP contribution < -0.4 is 25.8 Å². The van der Waals surface area contributed by atoms with Crippen molar-refractivity contribution in [3.63, 3.8) is 0 Å². The number of ketones is 1. The van der Waals surface area contributed by atoms with Crippen LogP contribution in [0.1, 0.15) is 104 Å². The Morgan fingerprint density at radius 2 is 1.60 bits per heavy atom. The van der Waals surface area contributed by atoms with Gasteiger partial charge >= 0.3 is 0 Å². The number of aromatic nitrogens is 1. The van der Waals surface area contributed by atoms with Gasteiger partial charge in [0.2, 0.25) is 17.7 Å². The molecule has 0 bridgehead atoms. The predicted octanol–water partition coefficient (Wildman–Crippen LogP) is 4.03. The molecule has 1 unspecified atom stereocenters. The number of fused-ring (bicyclic) bond motifs is 2. The first-order valence-corrected chi connectivity index (χ1v) is 22.5. The van der Waals surface area contributed by atoms with Gasteiger partial charge in [-0.1, -0.05) is 43.0 Å². The fourth-order valence-corrected chi connectivity index (χ4v) is 8.47. The lowest BCUT2D eigenvalue weighted by atomic mass is 9.97. The fourth-order valence-electron chi connectivity index (χ4n) is 8.47. The van der Waals surface area contributed by atoms with Crippen molar-refractivity contribution in [2.45, 2.75) is 70.1 Å². The number of pyridine rings is 1. The van der Waals surface area contributed by atoms with Crippen molar-refractivity contribution in [1.82, 2.24) is 20.5 Å². The molecule has 0 radical (unpaired) electrons. The third kappa shape index (κ3) is 11.2. The van der Waals surface area contributed by atoms with Crippen LogP contribution in [-0.2, 0) is 35.0 Å². The van der Waals surface area contributed by atoms with Crippen molar-refractivity contribution in [2.24, 2.45) is 11.7 Å². The Morgan fingerprint density at radius 3 is 2.29 bits per heavy atom. The number of imide groups is 2. The van der Waals surface area contributed by atoms with Crippen LogP contribution in [0.15, 0.2) is 60.8 Å². The van der Waals surface area contributed by atoms with Crippen LogP contribution in [0.5, 0.6) is 11.6 Å². The molecule has 7 rings (SSSR count). The second kappa shape index (κ2) is 22.6. The van der Waals surface area contributed by atoms with E-state index in [1.807, 2.05) is 0 Å². The maximum atomic E-state index is 14.4. The number of hydrogen-bond acceptors (Lipinski definition) is 13. The van der Waals surface area contributed by atoms with Gasteiger partial charge in [-0.15, -0.1) is 0 Å². The van der Waals surface area contributed by atoms with Gasteiger partial charge in [0.25, 0.3) is 23.6 Å². The Hall–Kier alpha value is -7.07. The van der Waals surface area contributed by atoms with Crippen LogP contribution >= 0.6 is 0 Å². The third-order valence-electron chi connectivity index (χ3n) is 12.1. The van der Waals surface area contributed by atoms with Crippen molar-refractivity contribution >= 4 is 52.0 Å². The number of alkyl halides is 1. The quantitative estimate of drug-likeness (QED) is 0.0438. The van der Waals surface area contributed by atoms with E-state index in [2.05, 4.69) is 27.5 Å². The number of halogens is 1. The van der Waals surface area contributed by atoms with Gasteiger partial charge in [0.05, 0.1) is 61.8 Å². The topological polar surface area (TPSA) is 232 Å². The van der Waals surface area contributed by atoms with Gasteiger partial charge in [-0.25, -0.2) is 9.37 Å².